The number of hydrogen-bond acceptors (Lipinski definition) is 4. The fourth-order valence-electron chi connectivity index (χ4n) is 6.77. The highest BCUT2D eigenvalue weighted by Gasteiger charge is 2.51. The topological polar surface area (TPSA) is 97.2 Å². The first-order chi connectivity index (χ1) is 15.7. The van der Waals surface area contributed by atoms with Crippen molar-refractivity contribution in [3.8, 4) is 5.69 Å². The third kappa shape index (κ3) is 3.96. The Morgan fingerprint density at radius 2 is 1.61 bits per heavy atom. The zero-order chi connectivity index (χ0) is 23.3. The summed E-state index contributed by atoms with van der Waals surface area (Å²) in [6.07, 6.45) is 6.95. The van der Waals surface area contributed by atoms with Crippen LogP contribution in [0.25, 0.3) is 5.69 Å². The quantitative estimate of drug-likeness (QED) is 0.651. The molecule has 33 heavy (non-hydrogen) atoms. The molecular formula is C25H33N5O3. The zero-order valence-electron chi connectivity index (χ0n) is 19.6. The van der Waals surface area contributed by atoms with Crippen molar-refractivity contribution in [2.45, 2.75) is 64.0 Å². The molecule has 8 heteroatoms. The normalized spacial score (nSPS) is 28.4. The van der Waals surface area contributed by atoms with Gasteiger partial charge in [0.1, 0.15) is 11.7 Å². The molecule has 0 saturated heterocycles. The van der Waals surface area contributed by atoms with E-state index in [2.05, 4.69) is 16.0 Å². The minimum absolute atomic E-state index is 0.158. The summed E-state index contributed by atoms with van der Waals surface area (Å²) < 4.78 is 3.31. The number of amides is 3. The van der Waals surface area contributed by atoms with Crippen molar-refractivity contribution >= 4 is 17.6 Å². The summed E-state index contributed by atoms with van der Waals surface area (Å²) in [5.41, 5.74) is 1.41. The lowest BCUT2D eigenvalue weighted by Crippen LogP contribution is -2.62. The first-order valence-electron chi connectivity index (χ1n) is 12.0. The van der Waals surface area contributed by atoms with E-state index in [4.69, 9.17) is 0 Å². The van der Waals surface area contributed by atoms with Crippen LogP contribution in [0.3, 0.4) is 0 Å². The summed E-state index contributed by atoms with van der Waals surface area (Å²) in [4.78, 5) is 38.6. The Labute approximate surface area is 193 Å². The van der Waals surface area contributed by atoms with Crippen LogP contribution in [0.1, 0.15) is 51.1 Å². The van der Waals surface area contributed by atoms with E-state index < -0.39 is 18.0 Å². The second-order valence-corrected chi connectivity index (χ2v) is 10.4. The fraction of sp³-hybridized carbons (Fsp3) is 0.560. The number of hydrogen-bond donors (Lipinski definition) is 3. The molecule has 6 rings (SSSR count). The smallest absolute Gasteiger partial charge is 0.321 e. The molecule has 4 aliphatic carbocycles. The lowest BCUT2D eigenvalue weighted by atomic mass is 9.53. The minimum atomic E-state index is -0.745. The molecule has 4 saturated carbocycles. The van der Waals surface area contributed by atoms with Crippen LogP contribution in [0.15, 0.2) is 35.1 Å². The van der Waals surface area contributed by atoms with Gasteiger partial charge in [0.2, 0.25) is 5.91 Å². The van der Waals surface area contributed by atoms with E-state index in [9.17, 15) is 14.4 Å². The SMILES string of the molecule is Cc1c(NC(C)C(=O)NC(=O)NC23CC4CC(CC(C4)C2)C3)c(=O)n(-c2ccccc2)n1C. The molecule has 1 heterocycles. The van der Waals surface area contributed by atoms with Crippen LogP contribution in [0, 0.1) is 24.7 Å². The van der Waals surface area contributed by atoms with Gasteiger partial charge in [-0.1, -0.05) is 18.2 Å². The van der Waals surface area contributed by atoms with Gasteiger partial charge in [-0.15, -0.1) is 0 Å². The number of para-hydroxylation sites is 1. The number of imide groups is 1. The highest BCUT2D eigenvalue weighted by atomic mass is 16.2. The summed E-state index contributed by atoms with van der Waals surface area (Å²) >= 11 is 0. The maximum Gasteiger partial charge on any atom is 0.321 e. The lowest BCUT2D eigenvalue weighted by molar-refractivity contribution is -0.120. The van der Waals surface area contributed by atoms with Crippen LogP contribution in [-0.2, 0) is 11.8 Å². The number of benzene rings is 1. The molecule has 0 spiro atoms. The summed E-state index contributed by atoms with van der Waals surface area (Å²) in [6.45, 7) is 3.49. The van der Waals surface area contributed by atoms with E-state index in [-0.39, 0.29) is 11.1 Å². The number of urea groups is 1. The summed E-state index contributed by atoms with van der Waals surface area (Å²) in [5, 5.41) is 8.69. The van der Waals surface area contributed by atoms with Gasteiger partial charge in [-0.3, -0.25) is 19.6 Å². The van der Waals surface area contributed by atoms with Crippen molar-refractivity contribution < 1.29 is 9.59 Å². The van der Waals surface area contributed by atoms with Crippen LogP contribution in [0.5, 0.6) is 0 Å². The number of carbonyl (C=O) groups is 2. The van der Waals surface area contributed by atoms with Crippen LogP contribution >= 0.6 is 0 Å². The Bertz CT molecular complexity index is 1100. The summed E-state index contributed by atoms with van der Waals surface area (Å²) in [7, 11) is 1.80. The standard InChI is InChI=1S/C25H33N5O3/c1-15(26-21-16(2)29(3)30(23(21)32)20-7-5-4-6-8-20)22(31)27-24(33)28-25-12-17-9-18(13-25)11-19(10-17)14-25/h4-8,15,17-19,26H,9-14H2,1-3H3,(H2,27,28,31,33). The second kappa shape index (κ2) is 8.08. The van der Waals surface area contributed by atoms with Gasteiger partial charge >= 0.3 is 6.03 Å². The van der Waals surface area contributed by atoms with E-state index in [1.807, 2.05) is 37.3 Å². The van der Waals surface area contributed by atoms with E-state index in [1.165, 1.54) is 19.3 Å². The average Bonchev–Trinajstić information content (AvgIpc) is 2.96. The molecule has 8 nitrogen and oxygen atoms in total. The van der Waals surface area contributed by atoms with Crippen molar-refractivity contribution in [3.63, 3.8) is 0 Å². The number of nitrogens with one attached hydrogen (secondary N) is 3. The largest absolute Gasteiger partial charge is 0.368 e. The number of nitrogens with zero attached hydrogens (tertiary/aromatic N) is 2. The van der Waals surface area contributed by atoms with Crippen molar-refractivity contribution in [1.29, 1.82) is 0 Å². The Hall–Kier alpha value is -3.03. The van der Waals surface area contributed by atoms with E-state index in [1.54, 1.807) is 23.3 Å². The molecule has 4 bridgehead atoms. The number of aromatic nitrogens is 2. The first kappa shape index (κ1) is 21.8. The van der Waals surface area contributed by atoms with Crippen LogP contribution in [0.2, 0.25) is 0 Å². The first-order valence-corrected chi connectivity index (χ1v) is 12.0. The van der Waals surface area contributed by atoms with Gasteiger partial charge in [0.05, 0.1) is 11.4 Å². The van der Waals surface area contributed by atoms with Crippen molar-refractivity contribution in [2.24, 2.45) is 24.8 Å². The average molecular weight is 452 g/mol. The Morgan fingerprint density at radius 3 is 2.18 bits per heavy atom. The molecule has 1 atom stereocenters. The van der Waals surface area contributed by atoms with Crippen LogP contribution in [0.4, 0.5) is 10.5 Å². The predicted octanol–water partition coefficient (Wildman–Crippen LogP) is 3.08. The zero-order valence-corrected chi connectivity index (χ0v) is 19.6. The van der Waals surface area contributed by atoms with Gasteiger partial charge in [0, 0.05) is 12.6 Å². The van der Waals surface area contributed by atoms with E-state index in [0.717, 1.165) is 24.9 Å². The van der Waals surface area contributed by atoms with Crippen molar-refractivity contribution in [3.05, 3.63) is 46.4 Å². The molecule has 2 aromatic rings. The maximum absolute atomic E-state index is 13.1. The van der Waals surface area contributed by atoms with Gasteiger partial charge in [0.25, 0.3) is 5.56 Å². The molecule has 1 unspecified atom stereocenters. The van der Waals surface area contributed by atoms with Gasteiger partial charge in [-0.25, -0.2) is 9.48 Å². The maximum atomic E-state index is 13.1. The Balaban J connectivity index is 1.25. The Morgan fingerprint density at radius 1 is 1.03 bits per heavy atom. The third-order valence-electron chi connectivity index (χ3n) is 7.96. The number of rotatable bonds is 5. The molecule has 3 N–H and O–H groups in total. The lowest BCUT2D eigenvalue weighted by Gasteiger charge is -2.56. The van der Waals surface area contributed by atoms with Gasteiger partial charge in [0.15, 0.2) is 0 Å². The second-order valence-electron chi connectivity index (χ2n) is 10.4. The molecule has 3 amide bonds. The molecule has 1 aromatic heterocycles. The van der Waals surface area contributed by atoms with Gasteiger partial charge in [-0.05, 0) is 82.3 Å². The fourth-order valence-corrected chi connectivity index (χ4v) is 6.77. The molecule has 4 fully saturated rings. The third-order valence-corrected chi connectivity index (χ3v) is 7.96. The minimum Gasteiger partial charge on any atom is -0.368 e. The Kier molecular flexibility index (Phi) is 5.34. The van der Waals surface area contributed by atoms with Crippen LogP contribution in [-0.4, -0.2) is 32.9 Å². The summed E-state index contributed by atoms with van der Waals surface area (Å²) in [6, 6.07) is 8.17. The van der Waals surface area contributed by atoms with Crippen LogP contribution < -0.4 is 21.5 Å². The van der Waals surface area contributed by atoms with Gasteiger partial charge in [-0.2, -0.15) is 0 Å². The van der Waals surface area contributed by atoms with E-state index in [0.29, 0.717) is 29.1 Å². The molecule has 0 aliphatic heterocycles. The number of anilines is 1. The highest BCUT2D eigenvalue weighted by molar-refractivity contribution is 5.98. The highest BCUT2D eigenvalue weighted by Crippen LogP contribution is 2.55. The predicted molar refractivity (Wildman–Crippen MR) is 126 cm³/mol. The molecule has 0 radical (unpaired) electrons. The van der Waals surface area contributed by atoms with Crippen molar-refractivity contribution in [2.75, 3.05) is 5.32 Å². The monoisotopic (exact) mass is 451 g/mol. The number of carbonyl (C=O) groups excluding carboxylic acids is 2. The van der Waals surface area contributed by atoms with Crippen molar-refractivity contribution in [1.82, 2.24) is 20.0 Å². The molecule has 176 valence electrons. The summed E-state index contributed by atoms with van der Waals surface area (Å²) in [5.74, 6) is 1.67. The molecule has 4 aliphatic rings. The van der Waals surface area contributed by atoms with Gasteiger partial charge < -0.3 is 10.6 Å². The van der Waals surface area contributed by atoms with E-state index >= 15 is 0 Å². The molecular weight excluding hydrogens is 418 g/mol. The molecule has 1 aromatic carbocycles.